The zero-order chi connectivity index (χ0) is 19.1. The monoisotopic (exact) mass is 424 g/mol. The minimum absolute atomic E-state index is 0.0163. The molecule has 2 aromatic rings. The Balaban J connectivity index is 2.85. The second-order valence-electron chi connectivity index (χ2n) is 4.82. The summed E-state index contributed by atoms with van der Waals surface area (Å²) in [5.74, 6) is -2.00. The third-order valence-corrected chi connectivity index (χ3v) is 3.95. The van der Waals surface area contributed by atoms with E-state index in [0.29, 0.717) is 0 Å². The average molecular weight is 425 g/mol. The topological polar surface area (TPSA) is 70.3 Å². The lowest BCUT2D eigenvalue weighted by Crippen LogP contribution is -2.41. The molecule has 2 rings (SSSR count). The number of nitrogens with zero attached hydrogens (tertiary/aromatic N) is 2. The van der Waals surface area contributed by atoms with Gasteiger partial charge >= 0.3 is 17.8 Å². The highest BCUT2D eigenvalue weighted by molar-refractivity contribution is 9.10. The van der Waals surface area contributed by atoms with Gasteiger partial charge in [-0.2, -0.15) is 13.2 Å². The second-order valence-corrected chi connectivity index (χ2v) is 5.67. The van der Waals surface area contributed by atoms with Crippen molar-refractivity contribution >= 4 is 21.9 Å². The lowest BCUT2D eigenvalue weighted by Gasteiger charge is -2.15. The Morgan fingerprint density at radius 2 is 1.80 bits per heavy atom. The highest BCUT2D eigenvalue weighted by Gasteiger charge is 2.35. The molecule has 134 valence electrons. The summed E-state index contributed by atoms with van der Waals surface area (Å²) in [5, 5.41) is 0. The van der Waals surface area contributed by atoms with E-state index in [9.17, 15) is 31.9 Å². The highest BCUT2D eigenvalue weighted by atomic mass is 79.9. The van der Waals surface area contributed by atoms with Crippen molar-refractivity contribution in [2.45, 2.75) is 6.18 Å². The molecular formula is C14H9BrF4N2O4. The first kappa shape index (κ1) is 18.9. The largest absolute Gasteiger partial charge is 0.465 e. The van der Waals surface area contributed by atoms with Gasteiger partial charge in [-0.1, -0.05) is 0 Å². The number of benzene rings is 1. The van der Waals surface area contributed by atoms with E-state index in [-0.39, 0.29) is 25.2 Å². The molecule has 0 spiro atoms. The number of esters is 1. The third-order valence-electron chi connectivity index (χ3n) is 3.29. The van der Waals surface area contributed by atoms with Gasteiger partial charge in [0.1, 0.15) is 11.5 Å². The van der Waals surface area contributed by atoms with Gasteiger partial charge in [0.25, 0.3) is 5.56 Å². The summed E-state index contributed by atoms with van der Waals surface area (Å²) in [4.78, 5) is 35.8. The minimum Gasteiger partial charge on any atom is -0.465 e. The van der Waals surface area contributed by atoms with E-state index in [4.69, 9.17) is 0 Å². The summed E-state index contributed by atoms with van der Waals surface area (Å²) in [6.45, 7) is 0. The molecule has 0 aliphatic rings. The fourth-order valence-corrected chi connectivity index (χ4v) is 2.57. The molecule has 0 N–H and O–H groups in total. The molecule has 0 unspecified atom stereocenters. The van der Waals surface area contributed by atoms with Gasteiger partial charge in [0, 0.05) is 17.6 Å². The van der Waals surface area contributed by atoms with Crippen LogP contribution in [0, 0.1) is 5.82 Å². The maximum absolute atomic E-state index is 14.2. The van der Waals surface area contributed by atoms with Crippen LogP contribution in [0.3, 0.4) is 0 Å². The fraction of sp³-hybridized carbons (Fsp3) is 0.214. The molecule has 0 radical (unpaired) electrons. The molecule has 0 amide bonds. The molecule has 6 nitrogen and oxygen atoms in total. The van der Waals surface area contributed by atoms with Gasteiger partial charge in [0.05, 0.1) is 18.4 Å². The molecule has 0 saturated carbocycles. The van der Waals surface area contributed by atoms with E-state index in [2.05, 4.69) is 20.7 Å². The van der Waals surface area contributed by atoms with E-state index in [1.165, 1.54) is 0 Å². The van der Waals surface area contributed by atoms with Crippen molar-refractivity contribution in [3.05, 3.63) is 60.6 Å². The van der Waals surface area contributed by atoms with Crippen molar-refractivity contribution in [2.75, 3.05) is 7.11 Å². The second kappa shape index (κ2) is 6.47. The SMILES string of the molecule is COC(=O)c1cc(-n2c(=O)cc(C(F)(F)F)n(C)c2=O)c(F)cc1Br. The van der Waals surface area contributed by atoms with Crippen LogP contribution in [0.5, 0.6) is 0 Å². The van der Waals surface area contributed by atoms with Crippen LogP contribution < -0.4 is 11.2 Å². The van der Waals surface area contributed by atoms with Crippen LogP contribution in [0.2, 0.25) is 0 Å². The summed E-state index contributed by atoms with van der Waals surface area (Å²) >= 11 is 2.92. The third kappa shape index (κ3) is 3.36. The summed E-state index contributed by atoms with van der Waals surface area (Å²) in [5.41, 5.74) is -5.19. The van der Waals surface area contributed by atoms with Crippen molar-refractivity contribution in [1.29, 1.82) is 0 Å². The van der Waals surface area contributed by atoms with E-state index >= 15 is 0 Å². The minimum atomic E-state index is -4.94. The molecule has 0 fully saturated rings. The molecule has 0 bridgehead atoms. The quantitative estimate of drug-likeness (QED) is 0.547. The lowest BCUT2D eigenvalue weighted by atomic mass is 10.2. The van der Waals surface area contributed by atoms with Gasteiger partial charge in [-0.25, -0.2) is 18.5 Å². The Labute approximate surface area is 145 Å². The van der Waals surface area contributed by atoms with Crippen molar-refractivity contribution in [3.8, 4) is 5.69 Å². The maximum atomic E-state index is 14.2. The molecule has 0 saturated heterocycles. The van der Waals surface area contributed by atoms with E-state index < -0.39 is 40.6 Å². The van der Waals surface area contributed by atoms with Crippen LogP contribution in [0.4, 0.5) is 17.6 Å². The van der Waals surface area contributed by atoms with Gasteiger partial charge in [-0.05, 0) is 28.1 Å². The molecule has 0 aliphatic heterocycles. The smallest absolute Gasteiger partial charge is 0.431 e. The zero-order valence-electron chi connectivity index (χ0n) is 12.6. The number of rotatable bonds is 2. The number of methoxy groups -OCH3 is 1. The van der Waals surface area contributed by atoms with Crippen LogP contribution in [-0.2, 0) is 18.0 Å². The summed E-state index contributed by atoms with van der Waals surface area (Å²) < 4.78 is 57.6. The Hall–Kier alpha value is -2.43. The van der Waals surface area contributed by atoms with E-state index in [1.807, 2.05) is 0 Å². The molecule has 0 atom stereocenters. The zero-order valence-corrected chi connectivity index (χ0v) is 14.2. The Morgan fingerprint density at radius 3 is 2.32 bits per heavy atom. The Morgan fingerprint density at radius 1 is 1.20 bits per heavy atom. The molecular weight excluding hydrogens is 416 g/mol. The van der Waals surface area contributed by atoms with Crippen LogP contribution in [0.1, 0.15) is 16.1 Å². The van der Waals surface area contributed by atoms with Gasteiger partial charge in [-0.15, -0.1) is 0 Å². The number of alkyl halides is 3. The van der Waals surface area contributed by atoms with Crippen molar-refractivity contribution < 1.29 is 27.1 Å². The van der Waals surface area contributed by atoms with Gasteiger partial charge in [0.2, 0.25) is 0 Å². The van der Waals surface area contributed by atoms with Crippen molar-refractivity contribution in [1.82, 2.24) is 9.13 Å². The van der Waals surface area contributed by atoms with E-state index in [0.717, 1.165) is 26.3 Å². The van der Waals surface area contributed by atoms with Gasteiger partial charge in [0.15, 0.2) is 0 Å². The number of carbonyl (C=O) groups is 1. The number of hydrogen-bond acceptors (Lipinski definition) is 4. The maximum Gasteiger partial charge on any atom is 0.431 e. The van der Waals surface area contributed by atoms with Gasteiger partial charge < -0.3 is 4.74 Å². The summed E-state index contributed by atoms with van der Waals surface area (Å²) in [6.07, 6.45) is -4.94. The molecule has 1 aromatic heterocycles. The summed E-state index contributed by atoms with van der Waals surface area (Å²) in [6, 6.07) is 1.80. The highest BCUT2D eigenvalue weighted by Crippen LogP contribution is 2.27. The molecule has 25 heavy (non-hydrogen) atoms. The predicted octanol–water partition coefficient (Wildman–Crippen LogP) is 2.24. The average Bonchev–Trinajstić information content (AvgIpc) is 2.51. The summed E-state index contributed by atoms with van der Waals surface area (Å²) in [7, 11) is 1.85. The lowest BCUT2D eigenvalue weighted by molar-refractivity contribution is -0.144. The molecule has 1 aromatic carbocycles. The number of halogens is 5. The first-order valence-corrected chi connectivity index (χ1v) is 7.26. The number of ether oxygens (including phenoxy) is 1. The Bertz CT molecular complexity index is 979. The number of hydrogen-bond donors (Lipinski definition) is 0. The molecule has 1 heterocycles. The van der Waals surface area contributed by atoms with Crippen LogP contribution >= 0.6 is 15.9 Å². The van der Waals surface area contributed by atoms with E-state index in [1.54, 1.807) is 0 Å². The predicted molar refractivity (Wildman–Crippen MR) is 81.3 cm³/mol. The molecule has 0 aliphatic carbocycles. The van der Waals surface area contributed by atoms with Gasteiger partial charge in [-0.3, -0.25) is 9.36 Å². The van der Waals surface area contributed by atoms with Crippen LogP contribution in [-0.4, -0.2) is 22.2 Å². The first-order valence-electron chi connectivity index (χ1n) is 6.47. The normalized spacial score (nSPS) is 11.5. The van der Waals surface area contributed by atoms with Crippen molar-refractivity contribution in [3.63, 3.8) is 0 Å². The van der Waals surface area contributed by atoms with Crippen LogP contribution in [0.25, 0.3) is 5.69 Å². The first-order chi connectivity index (χ1) is 11.5. The fourth-order valence-electron chi connectivity index (χ4n) is 2.09. The standard InChI is InChI=1S/C14H9BrF4N2O4/c1-20-10(14(17,18)19)5-11(22)21(13(20)24)9-3-6(12(23)25-2)7(15)4-8(9)16/h3-5H,1-2H3. The van der Waals surface area contributed by atoms with Crippen molar-refractivity contribution in [2.24, 2.45) is 7.05 Å². The molecule has 11 heteroatoms. The Kier molecular flexibility index (Phi) is 4.89. The number of aromatic nitrogens is 2. The van der Waals surface area contributed by atoms with Crippen LogP contribution in [0.15, 0.2) is 32.3 Å². The number of carbonyl (C=O) groups excluding carboxylic acids is 1.